The molecule has 0 radical (unpaired) electrons. The molecule has 2 aromatic heterocycles. The minimum absolute atomic E-state index is 0.145. The van der Waals surface area contributed by atoms with Gasteiger partial charge in [-0.1, -0.05) is 57.5 Å². The van der Waals surface area contributed by atoms with Crippen molar-refractivity contribution in [2.24, 2.45) is 7.05 Å². The van der Waals surface area contributed by atoms with Crippen LogP contribution in [-0.4, -0.2) is 31.4 Å². The molecule has 33 heavy (non-hydrogen) atoms. The van der Waals surface area contributed by atoms with Crippen molar-refractivity contribution in [3.8, 4) is 17.0 Å². The van der Waals surface area contributed by atoms with Gasteiger partial charge in [-0.15, -0.1) is 21.5 Å². The number of aromatic nitrogens is 4. The average Bonchev–Trinajstić information content (AvgIpc) is 3.41. The van der Waals surface area contributed by atoms with Crippen molar-refractivity contribution in [3.63, 3.8) is 0 Å². The number of nitrogens with zero attached hydrogens (tertiary/aromatic N) is 4. The van der Waals surface area contributed by atoms with E-state index < -0.39 is 0 Å². The number of carbonyl (C=O) groups excluding carboxylic acids is 1. The number of halogens is 1. The molecule has 10 heteroatoms. The molecule has 1 amide bonds. The van der Waals surface area contributed by atoms with E-state index in [0.717, 1.165) is 21.5 Å². The van der Waals surface area contributed by atoms with E-state index in [1.165, 1.54) is 28.7 Å². The number of benzene rings is 2. The Morgan fingerprint density at radius 1 is 1.18 bits per heavy atom. The van der Waals surface area contributed by atoms with Crippen LogP contribution in [0, 0.1) is 6.92 Å². The second-order valence-corrected chi connectivity index (χ2v) is 10.1. The molecule has 1 unspecified atom stereocenters. The molecule has 0 bridgehead atoms. The van der Waals surface area contributed by atoms with Gasteiger partial charge in [-0.3, -0.25) is 4.79 Å². The van der Waals surface area contributed by atoms with Gasteiger partial charge in [0.15, 0.2) is 22.2 Å². The molecular weight excluding hydrogens is 522 g/mol. The number of hydrogen-bond donors (Lipinski definition) is 1. The molecule has 1 atom stereocenters. The lowest BCUT2D eigenvalue weighted by molar-refractivity contribution is -0.113. The zero-order valence-electron chi connectivity index (χ0n) is 18.3. The van der Waals surface area contributed by atoms with Crippen LogP contribution in [0.25, 0.3) is 11.3 Å². The van der Waals surface area contributed by atoms with Gasteiger partial charge in [0.05, 0.1) is 11.4 Å². The van der Waals surface area contributed by atoms with Crippen LogP contribution in [0.4, 0.5) is 5.13 Å². The smallest absolute Gasteiger partial charge is 0.236 e. The number of ether oxygens (including phenoxy) is 1. The van der Waals surface area contributed by atoms with E-state index in [2.05, 4.69) is 36.4 Å². The number of anilines is 1. The van der Waals surface area contributed by atoms with Gasteiger partial charge in [0.25, 0.3) is 0 Å². The van der Waals surface area contributed by atoms with Gasteiger partial charge in [-0.05, 0) is 38.1 Å². The second-order valence-electron chi connectivity index (χ2n) is 7.35. The molecule has 0 saturated carbocycles. The highest BCUT2D eigenvalue weighted by molar-refractivity contribution is 9.10. The van der Waals surface area contributed by atoms with E-state index in [1.807, 2.05) is 79.4 Å². The zero-order valence-corrected chi connectivity index (χ0v) is 21.5. The van der Waals surface area contributed by atoms with Gasteiger partial charge < -0.3 is 14.6 Å². The number of amides is 1. The summed E-state index contributed by atoms with van der Waals surface area (Å²) in [5, 5.41) is 14.5. The van der Waals surface area contributed by atoms with E-state index in [-0.39, 0.29) is 17.8 Å². The second kappa shape index (κ2) is 10.5. The first-order valence-electron chi connectivity index (χ1n) is 10.2. The fraction of sp³-hybridized carbons (Fsp3) is 0.217. The molecule has 2 heterocycles. The van der Waals surface area contributed by atoms with Crippen molar-refractivity contribution in [3.05, 3.63) is 69.8 Å². The summed E-state index contributed by atoms with van der Waals surface area (Å²) in [6, 6.07) is 15.8. The van der Waals surface area contributed by atoms with Gasteiger partial charge in [0, 0.05) is 22.5 Å². The Bertz CT molecular complexity index is 1240. The van der Waals surface area contributed by atoms with Crippen LogP contribution >= 0.6 is 39.0 Å². The number of thiazole rings is 1. The highest BCUT2D eigenvalue weighted by Gasteiger charge is 2.18. The van der Waals surface area contributed by atoms with E-state index in [1.54, 1.807) is 0 Å². The zero-order chi connectivity index (χ0) is 23.4. The van der Waals surface area contributed by atoms with Crippen LogP contribution in [0.2, 0.25) is 0 Å². The molecule has 0 fully saturated rings. The van der Waals surface area contributed by atoms with Crippen LogP contribution in [0.1, 0.15) is 24.4 Å². The molecule has 0 spiro atoms. The van der Waals surface area contributed by atoms with Gasteiger partial charge in [0.2, 0.25) is 5.91 Å². The maximum atomic E-state index is 12.4. The molecular formula is C23H22BrN5O2S2. The molecule has 1 N–H and O–H groups in total. The van der Waals surface area contributed by atoms with Crippen molar-refractivity contribution in [1.82, 2.24) is 19.7 Å². The van der Waals surface area contributed by atoms with E-state index in [0.29, 0.717) is 16.1 Å². The predicted molar refractivity (Wildman–Crippen MR) is 136 cm³/mol. The number of hydrogen-bond acceptors (Lipinski definition) is 7. The summed E-state index contributed by atoms with van der Waals surface area (Å²) in [5.41, 5.74) is 3.07. The van der Waals surface area contributed by atoms with Gasteiger partial charge in [-0.2, -0.15) is 0 Å². The topological polar surface area (TPSA) is 81.9 Å². The molecule has 170 valence electrons. The molecule has 2 aromatic carbocycles. The maximum absolute atomic E-state index is 12.4. The van der Waals surface area contributed by atoms with Crippen molar-refractivity contribution in [2.75, 3.05) is 11.1 Å². The Hall–Kier alpha value is -2.69. The lowest BCUT2D eigenvalue weighted by Gasteiger charge is -2.14. The summed E-state index contributed by atoms with van der Waals surface area (Å²) in [6.45, 7) is 3.96. The lowest BCUT2D eigenvalue weighted by Crippen LogP contribution is -2.14. The van der Waals surface area contributed by atoms with Gasteiger partial charge in [-0.25, -0.2) is 4.98 Å². The van der Waals surface area contributed by atoms with E-state index >= 15 is 0 Å². The van der Waals surface area contributed by atoms with E-state index in [4.69, 9.17) is 4.74 Å². The molecule has 7 nitrogen and oxygen atoms in total. The molecule has 0 aliphatic heterocycles. The minimum atomic E-state index is -0.289. The third-order valence-electron chi connectivity index (χ3n) is 4.79. The number of rotatable bonds is 8. The molecule has 4 rings (SSSR count). The summed E-state index contributed by atoms with van der Waals surface area (Å²) in [6.07, 6.45) is -0.289. The Morgan fingerprint density at radius 3 is 2.64 bits per heavy atom. The predicted octanol–water partition coefficient (Wildman–Crippen LogP) is 5.88. The molecule has 4 aromatic rings. The van der Waals surface area contributed by atoms with Crippen LogP contribution in [0.3, 0.4) is 0 Å². The van der Waals surface area contributed by atoms with Gasteiger partial charge in [0.1, 0.15) is 5.75 Å². The standard InChI is InChI=1S/C23H22BrN5O2S2/c1-14-4-6-16(7-5-14)19-12-32-22(25-19)26-20(30)13-33-23-28-27-21(29(23)3)15(2)31-18-10-8-17(24)9-11-18/h4-12,15H,13H2,1-3H3,(H,25,26,30). The summed E-state index contributed by atoms with van der Waals surface area (Å²) in [4.78, 5) is 17.0. The summed E-state index contributed by atoms with van der Waals surface area (Å²) < 4.78 is 8.80. The fourth-order valence-electron chi connectivity index (χ4n) is 3.05. The van der Waals surface area contributed by atoms with Crippen molar-refractivity contribution < 1.29 is 9.53 Å². The summed E-state index contributed by atoms with van der Waals surface area (Å²) >= 11 is 6.14. The van der Waals surface area contributed by atoms with Crippen molar-refractivity contribution in [2.45, 2.75) is 25.1 Å². The maximum Gasteiger partial charge on any atom is 0.236 e. The van der Waals surface area contributed by atoms with Crippen LogP contribution in [0.15, 0.2) is 63.5 Å². The Morgan fingerprint density at radius 2 is 1.91 bits per heavy atom. The van der Waals surface area contributed by atoms with E-state index in [9.17, 15) is 4.79 Å². The Labute approximate surface area is 208 Å². The largest absolute Gasteiger partial charge is 0.483 e. The highest BCUT2D eigenvalue weighted by atomic mass is 79.9. The molecule has 0 aliphatic carbocycles. The number of aryl methyl sites for hydroxylation is 1. The lowest BCUT2D eigenvalue weighted by atomic mass is 10.1. The summed E-state index contributed by atoms with van der Waals surface area (Å²) in [7, 11) is 1.87. The minimum Gasteiger partial charge on any atom is -0.483 e. The van der Waals surface area contributed by atoms with Crippen molar-refractivity contribution >= 4 is 50.1 Å². The quantitative estimate of drug-likeness (QED) is 0.279. The first-order valence-corrected chi connectivity index (χ1v) is 12.8. The number of nitrogens with one attached hydrogen (secondary N) is 1. The van der Waals surface area contributed by atoms with Crippen molar-refractivity contribution in [1.29, 1.82) is 0 Å². The average molecular weight is 545 g/mol. The Kier molecular flexibility index (Phi) is 7.46. The summed E-state index contributed by atoms with van der Waals surface area (Å²) in [5.74, 6) is 1.49. The first-order chi connectivity index (χ1) is 15.9. The molecule has 0 saturated heterocycles. The Balaban J connectivity index is 1.32. The first kappa shape index (κ1) is 23.5. The molecule has 0 aliphatic rings. The highest BCUT2D eigenvalue weighted by Crippen LogP contribution is 2.27. The number of carbonyl (C=O) groups is 1. The monoisotopic (exact) mass is 543 g/mol. The third kappa shape index (κ3) is 6.01. The van der Waals surface area contributed by atoms with Crippen LogP contribution < -0.4 is 10.1 Å². The van der Waals surface area contributed by atoms with Crippen LogP contribution in [-0.2, 0) is 11.8 Å². The van der Waals surface area contributed by atoms with Crippen LogP contribution in [0.5, 0.6) is 5.75 Å². The fourth-order valence-corrected chi connectivity index (χ4v) is 4.77. The normalized spacial score (nSPS) is 11.9. The van der Waals surface area contributed by atoms with Gasteiger partial charge >= 0.3 is 0 Å². The SMILES string of the molecule is Cc1ccc(-c2csc(NC(=O)CSc3nnc(C(C)Oc4ccc(Br)cc4)n3C)n2)cc1. The number of thioether (sulfide) groups is 1. The third-order valence-corrected chi connectivity index (χ3v) is 7.10.